The first-order valence-electron chi connectivity index (χ1n) is 8.69. The third-order valence-electron chi connectivity index (χ3n) is 5.50. The van der Waals surface area contributed by atoms with Crippen molar-refractivity contribution < 1.29 is 4.79 Å². The number of carbonyl (C=O) groups is 1. The minimum atomic E-state index is -0.0614. The number of hydrogen-bond donors (Lipinski definition) is 1. The van der Waals surface area contributed by atoms with Crippen molar-refractivity contribution in [3.8, 4) is 0 Å². The lowest BCUT2D eigenvalue weighted by Gasteiger charge is -2.49. The minimum Gasteiger partial charge on any atom is -0.345 e. The predicted octanol–water partition coefficient (Wildman–Crippen LogP) is 1.95. The van der Waals surface area contributed by atoms with Crippen LogP contribution in [0.2, 0.25) is 0 Å². The maximum absolute atomic E-state index is 12.3. The maximum atomic E-state index is 12.3. The predicted molar refractivity (Wildman–Crippen MR) is 87.2 cm³/mol. The van der Waals surface area contributed by atoms with Gasteiger partial charge in [-0.2, -0.15) is 0 Å². The smallest absolute Gasteiger partial charge is 0.239 e. The standard InChI is InChI=1S/C17H33N3O/c1-6-19(5)17(21)13(4)18-16-14-8-7-9-15(16)11-20(10-14)12(2)3/h12-16,18H,6-11H2,1-5H3. The van der Waals surface area contributed by atoms with E-state index in [-0.39, 0.29) is 11.9 Å². The second-order valence-electron chi connectivity index (χ2n) is 7.27. The molecule has 2 rings (SSSR count). The van der Waals surface area contributed by atoms with E-state index in [0.29, 0.717) is 23.9 Å². The van der Waals surface area contributed by atoms with E-state index in [0.717, 1.165) is 6.54 Å². The van der Waals surface area contributed by atoms with Gasteiger partial charge in [-0.05, 0) is 52.4 Å². The molecular formula is C17H33N3O. The molecule has 1 saturated heterocycles. The Bertz CT molecular complexity index is 344. The topological polar surface area (TPSA) is 35.6 Å². The fourth-order valence-electron chi connectivity index (χ4n) is 4.01. The van der Waals surface area contributed by atoms with Crippen LogP contribution in [0.15, 0.2) is 0 Å². The van der Waals surface area contributed by atoms with E-state index < -0.39 is 0 Å². The molecule has 4 nitrogen and oxygen atoms in total. The molecular weight excluding hydrogens is 262 g/mol. The molecule has 122 valence electrons. The van der Waals surface area contributed by atoms with Gasteiger partial charge in [-0.3, -0.25) is 4.79 Å². The van der Waals surface area contributed by atoms with Crippen molar-refractivity contribution in [2.45, 2.75) is 65.1 Å². The van der Waals surface area contributed by atoms with Crippen LogP contribution in [0.25, 0.3) is 0 Å². The summed E-state index contributed by atoms with van der Waals surface area (Å²) < 4.78 is 0. The highest BCUT2D eigenvalue weighted by molar-refractivity contribution is 5.81. The Kier molecular flexibility index (Phi) is 5.67. The molecule has 2 bridgehead atoms. The molecule has 3 unspecified atom stereocenters. The monoisotopic (exact) mass is 295 g/mol. The highest BCUT2D eigenvalue weighted by atomic mass is 16.2. The van der Waals surface area contributed by atoms with E-state index in [2.05, 4.69) is 24.1 Å². The number of likely N-dealkylation sites (tertiary alicyclic amines) is 1. The molecule has 0 spiro atoms. The molecule has 1 saturated carbocycles. The van der Waals surface area contributed by atoms with Crippen LogP contribution in [0.4, 0.5) is 0 Å². The molecule has 0 radical (unpaired) electrons. The van der Waals surface area contributed by atoms with Gasteiger partial charge >= 0.3 is 0 Å². The van der Waals surface area contributed by atoms with E-state index in [4.69, 9.17) is 0 Å². The molecule has 0 aromatic rings. The first kappa shape index (κ1) is 16.8. The fourth-order valence-corrected chi connectivity index (χ4v) is 4.01. The van der Waals surface area contributed by atoms with E-state index in [1.165, 1.54) is 32.4 Å². The normalized spacial score (nSPS) is 31.2. The Morgan fingerprint density at radius 3 is 2.29 bits per heavy atom. The van der Waals surface area contributed by atoms with Crippen molar-refractivity contribution in [2.24, 2.45) is 11.8 Å². The summed E-state index contributed by atoms with van der Waals surface area (Å²) in [6.45, 7) is 11.8. The zero-order chi connectivity index (χ0) is 15.6. The summed E-state index contributed by atoms with van der Waals surface area (Å²) in [5.74, 6) is 1.64. The summed E-state index contributed by atoms with van der Waals surface area (Å²) in [6.07, 6.45) is 3.97. The number of likely N-dealkylation sites (N-methyl/N-ethyl adjacent to an activating group) is 1. The first-order valence-corrected chi connectivity index (χ1v) is 8.69. The highest BCUT2D eigenvalue weighted by Gasteiger charge is 2.41. The molecule has 0 aromatic heterocycles. The highest BCUT2D eigenvalue weighted by Crippen LogP contribution is 2.35. The van der Waals surface area contributed by atoms with Crippen molar-refractivity contribution in [1.82, 2.24) is 15.1 Å². The van der Waals surface area contributed by atoms with Gasteiger partial charge in [0, 0.05) is 38.8 Å². The van der Waals surface area contributed by atoms with E-state index >= 15 is 0 Å². The van der Waals surface area contributed by atoms with Crippen LogP contribution in [0.5, 0.6) is 0 Å². The Labute approximate surface area is 130 Å². The number of carbonyl (C=O) groups excluding carboxylic acids is 1. The molecule has 1 aliphatic heterocycles. The molecule has 2 aliphatic rings. The van der Waals surface area contributed by atoms with Gasteiger partial charge in [-0.25, -0.2) is 0 Å². The lowest BCUT2D eigenvalue weighted by molar-refractivity contribution is -0.132. The molecule has 1 N–H and O–H groups in total. The summed E-state index contributed by atoms with van der Waals surface area (Å²) in [7, 11) is 1.89. The summed E-state index contributed by atoms with van der Waals surface area (Å²) in [5.41, 5.74) is 0. The van der Waals surface area contributed by atoms with Crippen molar-refractivity contribution in [1.29, 1.82) is 0 Å². The number of rotatable bonds is 5. The summed E-state index contributed by atoms with van der Waals surface area (Å²) in [6, 6.07) is 1.10. The van der Waals surface area contributed by atoms with Crippen LogP contribution < -0.4 is 5.32 Å². The number of nitrogens with zero attached hydrogens (tertiary/aromatic N) is 2. The zero-order valence-corrected chi connectivity index (χ0v) is 14.4. The van der Waals surface area contributed by atoms with Crippen LogP contribution >= 0.6 is 0 Å². The minimum absolute atomic E-state index is 0.0614. The van der Waals surface area contributed by atoms with Crippen LogP contribution in [-0.4, -0.2) is 60.5 Å². The molecule has 3 atom stereocenters. The molecule has 0 aromatic carbocycles. The van der Waals surface area contributed by atoms with E-state index in [9.17, 15) is 4.79 Å². The van der Waals surface area contributed by atoms with Gasteiger partial charge in [-0.1, -0.05) is 6.42 Å². The van der Waals surface area contributed by atoms with E-state index in [1.54, 1.807) is 0 Å². The van der Waals surface area contributed by atoms with Crippen molar-refractivity contribution in [3.63, 3.8) is 0 Å². The summed E-state index contributed by atoms with van der Waals surface area (Å²) >= 11 is 0. The second kappa shape index (κ2) is 7.10. The summed E-state index contributed by atoms with van der Waals surface area (Å²) in [4.78, 5) is 16.7. The number of piperidine rings is 1. The maximum Gasteiger partial charge on any atom is 0.239 e. The van der Waals surface area contributed by atoms with Gasteiger partial charge in [0.15, 0.2) is 0 Å². The average molecular weight is 295 g/mol. The van der Waals surface area contributed by atoms with Gasteiger partial charge in [0.1, 0.15) is 0 Å². The number of hydrogen-bond acceptors (Lipinski definition) is 3. The molecule has 4 heteroatoms. The van der Waals surface area contributed by atoms with Gasteiger partial charge in [0.05, 0.1) is 6.04 Å². The molecule has 1 aliphatic carbocycles. The van der Waals surface area contributed by atoms with Crippen LogP contribution in [0, 0.1) is 11.8 Å². The van der Waals surface area contributed by atoms with E-state index in [1.807, 2.05) is 25.8 Å². The number of fused-ring (bicyclic) bond motifs is 2. The van der Waals surface area contributed by atoms with Gasteiger partial charge in [0.2, 0.25) is 5.91 Å². The molecule has 21 heavy (non-hydrogen) atoms. The number of amides is 1. The lowest BCUT2D eigenvalue weighted by Crippen LogP contribution is -2.61. The Hall–Kier alpha value is -0.610. The van der Waals surface area contributed by atoms with Gasteiger partial charge in [-0.15, -0.1) is 0 Å². The largest absolute Gasteiger partial charge is 0.345 e. The van der Waals surface area contributed by atoms with Crippen molar-refractivity contribution in [2.75, 3.05) is 26.7 Å². The quantitative estimate of drug-likeness (QED) is 0.842. The van der Waals surface area contributed by atoms with Crippen LogP contribution in [0.1, 0.15) is 47.0 Å². The van der Waals surface area contributed by atoms with Crippen LogP contribution in [0.3, 0.4) is 0 Å². The SMILES string of the molecule is CCN(C)C(=O)C(C)NC1C2CCCC1CN(C(C)C)C2. The Morgan fingerprint density at radius 1 is 1.24 bits per heavy atom. The number of nitrogens with one attached hydrogen (secondary N) is 1. The van der Waals surface area contributed by atoms with Gasteiger partial charge < -0.3 is 15.1 Å². The average Bonchev–Trinajstić information content (AvgIpc) is 2.44. The van der Waals surface area contributed by atoms with Crippen molar-refractivity contribution in [3.05, 3.63) is 0 Å². The zero-order valence-electron chi connectivity index (χ0n) is 14.4. The molecule has 2 fully saturated rings. The molecule has 1 amide bonds. The lowest BCUT2D eigenvalue weighted by atomic mass is 9.73. The third-order valence-corrected chi connectivity index (χ3v) is 5.50. The summed E-state index contributed by atoms with van der Waals surface area (Å²) in [5, 5.41) is 3.68. The Morgan fingerprint density at radius 2 is 1.81 bits per heavy atom. The van der Waals surface area contributed by atoms with Gasteiger partial charge in [0.25, 0.3) is 0 Å². The third kappa shape index (κ3) is 3.78. The van der Waals surface area contributed by atoms with Crippen LogP contribution in [-0.2, 0) is 4.79 Å². The second-order valence-corrected chi connectivity index (χ2v) is 7.27. The first-order chi connectivity index (χ1) is 9.93. The van der Waals surface area contributed by atoms with Crippen molar-refractivity contribution >= 4 is 5.91 Å². The Balaban J connectivity index is 1.98. The molecule has 1 heterocycles. The fraction of sp³-hybridized carbons (Fsp3) is 0.941.